The van der Waals surface area contributed by atoms with E-state index in [2.05, 4.69) is 10.3 Å². The van der Waals surface area contributed by atoms with Crippen LogP contribution in [-0.4, -0.2) is 30.8 Å². The summed E-state index contributed by atoms with van der Waals surface area (Å²) in [6.07, 6.45) is -0.787. The molecule has 1 N–H and O–H groups in total. The zero-order valence-corrected chi connectivity index (χ0v) is 15.9. The minimum Gasteiger partial charge on any atom is -0.497 e. The lowest BCUT2D eigenvalue weighted by Gasteiger charge is -2.24. The smallest absolute Gasteiger partial charge is 0.351 e. The second-order valence-electron chi connectivity index (χ2n) is 5.97. The maximum absolute atomic E-state index is 12.3. The summed E-state index contributed by atoms with van der Waals surface area (Å²) in [7, 11) is 1.63. The van der Waals surface area contributed by atoms with Gasteiger partial charge in [-0.2, -0.15) is 0 Å². The monoisotopic (exact) mass is 398 g/mol. The molecule has 0 amide bonds. The van der Waals surface area contributed by atoms with E-state index >= 15 is 0 Å². The fourth-order valence-corrected chi connectivity index (χ4v) is 3.32. The summed E-state index contributed by atoms with van der Waals surface area (Å²) in [5.74, 6) is 1.47. The lowest BCUT2D eigenvalue weighted by Crippen LogP contribution is -2.37. The number of hydrogen-bond acceptors (Lipinski definition) is 8. The molecule has 0 fully saturated rings. The molecule has 0 radical (unpaired) electrons. The van der Waals surface area contributed by atoms with Crippen LogP contribution in [0.2, 0.25) is 0 Å². The molecule has 0 bridgehead atoms. The highest BCUT2D eigenvalue weighted by molar-refractivity contribution is 7.13. The number of ether oxygens (including phenoxy) is 4. The summed E-state index contributed by atoms with van der Waals surface area (Å²) in [6, 6.07) is 14.8. The number of nitrogens with one attached hydrogen (secondary N) is 1. The van der Waals surface area contributed by atoms with E-state index in [1.165, 1.54) is 11.3 Å². The molecule has 3 aromatic rings. The number of benzene rings is 2. The molecule has 1 aliphatic heterocycles. The molecule has 2 heterocycles. The highest BCUT2D eigenvalue weighted by Crippen LogP contribution is 2.31. The van der Waals surface area contributed by atoms with Crippen LogP contribution in [0.25, 0.3) is 0 Å². The van der Waals surface area contributed by atoms with Gasteiger partial charge in [0.15, 0.2) is 16.6 Å². The normalized spacial score (nSPS) is 15.0. The van der Waals surface area contributed by atoms with Crippen molar-refractivity contribution in [1.82, 2.24) is 4.98 Å². The van der Waals surface area contributed by atoms with Crippen molar-refractivity contribution >= 4 is 28.1 Å². The Morgan fingerprint density at radius 2 is 2.00 bits per heavy atom. The second-order valence-corrected chi connectivity index (χ2v) is 6.83. The molecule has 4 rings (SSSR count). The van der Waals surface area contributed by atoms with Crippen LogP contribution in [0.3, 0.4) is 0 Å². The van der Waals surface area contributed by atoms with Gasteiger partial charge in [0.2, 0.25) is 6.10 Å². The Morgan fingerprint density at radius 1 is 1.21 bits per heavy atom. The standard InChI is InChI=1S/C20H18N2O5S/c1-24-15-8-6-13(7-9-15)21-20-22-14(12-28-20)10-26-19(23)18-11-25-16-4-2-3-5-17(16)27-18/h2-9,12,18H,10-11H2,1H3,(H,21,22). The maximum atomic E-state index is 12.3. The number of rotatable bonds is 6. The minimum absolute atomic E-state index is 0.0706. The highest BCUT2D eigenvalue weighted by Gasteiger charge is 2.28. The molecular weight excluding hydrogens is 380 g/mol. The van der Waals surface area contributed by atoms with Crippen molar-refractivity contribution in [2.24, 2.45) is 0 Å². The maximum Gasteiger partial charge on any atom is 0.351 e. The zero-order valence-electron chi connectivity index (χ0n) is 15.1. The van der Waals surface area contributed by atoms with Crippen molar-refractivity contribution in [3.8, 4) is 17.2 Å². The average Bonchev–Trinajstić information content (AvgIpc) is 3.19. The van der Waals surface area contributed by atoms with E-state index in [-0.39, 0.29) is 13.2 Å². The number of anilines is 2. The number of aromatic nitrogens is 1. The van der Waals surface area contributed by atoms with Crippen molar-refractivity contribution in [1.29, 1.82) is 0 Å². The van der Waals surface area contributed by atoms with E-state index in [1.807, 2.05) is 41.8 Å². The van der Waals surface area contributed by atoms with Gasteiger partial charge in [0, 0.05) is 11.1 Å². The average molecular weight is 398 g/mol. The molecule has 144 valence electrons. The van der Waals surface area contributed by atoms with Gasteiger partial charge in [-0.1, -0.05) is 12.1 Å². The van der Waals surface area contributed by atoms with Gasteiger partial charge < -0.3 is 24.3 Å². The van der Waals surface area contributed by atoms with Gasteiger partial charge in [0.05, 0.1) is 12.8 Å². The fourth-order valence-electron chi connectivity index (χ4n) is 2.60. The van der Waals surface area contributed by atoms with E-state index < -0.39 is 12.1 Å². The van der Waals surface area contributed by atoms with Crippen LogP contribution < -0.4 is 19.5 Å². The number of methoxy groups -OCH3 is 1. The first kappa shape index (κ1) is 18.1. The topological polar surface area (TPSA) is 78.9 Å². The molecule has 1 atom stereocenters. The first-order valence-corrected chi connectivity index (χ1v) is 9.50. The first-order chi connectivity index (χ1) is 13.7. The fraction of sp³-hybridized carbons (Fsp3) is 0.200. The Labute approximate surface area is 165 Å². The summed E-state index contributed by atoms with van der Waals surface area (Å²) in [5.41, 5.74) is 1.55. The van der Waals surface area contributed by atoms with Crippen molar-refractivity contribution in [2.45, 2.75) is 12.7 Å². The van der Waals surface area contributed by atoms with Crippen molar-refractivity contribution in [2.75, 3.05) is 19.0 Å². The summed E-state index contributed by atoms with van der Waals surface area (Å²) in [5, 5.41) is 5.75. The highest BCUT2D eigenvalue weighted by atomic mass is 32.1. The second kappa shape index (κ2) is 8.18. The number of fused-ring (bicyclic) bond motifs is 1. The lowest BCUT2D eigenvalue weighted by atomic mass is 10.2. The van der Waals surface area contributed by atoms with E-state index in [0.717, 1.165) is 11.4 Å². The Hall–Kier alpha value is -3.26. The molecule has 0 saturated heterocycles. The third kappa shape index (κ3) is 4.17. The Kier molecular flexibility index (Phi) is 5.29. The summed E-state index contributed by atoms with van der Waals surface area (Å²) >= 11 is 1.43. The molecule has 0 saturated carbocycles. The van der Waals surface area contributed by atoms with Crippen molar-refractivity contribution in [3.05, 3.63) is 59.6 Å². The number of carbonyl (C=O) groups is 1. The number of esters is 1. The van der Waals surface area contributed by atoms with Gasteiger partial charge in [-0.25, -0.2) is 9.78 Å². The molecular formula is C20H18N2O5S. The van der Waals surface area contributed by atoms with Gasteiger partial charge in [-0.05, 0) is 36.4 Å². The number of nitrogens with zero attached hydrogens (tertiary/aromatic N) is 1. The predicted molar refractivity (Wildman–Crippen MR) is 105 cm³/mol. The van der Waals surface area contributed by atoms with Crippen LogP contribution in [0.4, 0.5) is 10.8 Å². The van der Waals surface area contributed by atoms with Crippen LogP contribution in [-0.2, 0) is 16.1 Å². The van der Waals surface area contributed by atoms with Crippen molar-refractivity contribution in [3.63, 3.8) is 0 Å². The van der Waals surface area contributed by atoms with E-state index in [4.69, 9.17) is 18.9 Å². The van der Waals surface area contributed by atoms with E-state index in [9.17, 15) is 4.79 Å². The molecule has 7 nitrogen and oxygen atoms in total. The van der Waals surface area contributed by atoms with Crippen LogP contribution in [0.1, 0.15) is 5.69 Å². The van der Waals surface area contributed by atoms with Crippen LogP contribution in [0.15, 0.2) is 53.9 Å². The number of hydrogen-bond donors (Lipinski definition) is 1. The van der Waals surface area contributed by atoms with Crippen LogP contribution >= 0.6 is 11.3 Å². The van der Waals surface area contributed by atoms with Crippen LogP contribution in [0, 0.1) is 0 Å². The minimum atomic E-state index is -0.787. The molecule has 0 aliphatic carbocycles. The SMILES string of the molecule is COc1ccc(Nc2nc(COC(=O)C3COc4ccccc4O3)cs2)cc1. The molecule has 1 aliphatic rings. The third-order valence-electron chi connectivity index (χ3n) is 4.03. The molecule has 2 aromatic carbocycles. The first-order valence-electron chi connectivity index (χ1n) is 8.62. The number of carbonyl (C=O) groups excluding carboxylic acids is 1. The molecule has 28 heavy (non-hydrogen) atoms. The van der Waals surface area contributed by atoms with Crippen LogP contribution in [0.5, 0.6) is 17.2 Å². The molecule has 0 spiro atoms. The summed E-state index contributed by atoms with van der Waals surface area (Å²) in [4.78, 5) is 16.7. The van der Waals surface area contributed by atoms with Gasteiger partial charge in [-0.15, -0.1) is 11.3 Å². The zero-order chi connectivity index (χ0) is 19.3. The van der Waals surface area contributed by atoms with Gasteiger partial charge in [-0.3, -0.25) is 0 Å². The predicted octanol–water partition coefficient (Wildman–Crippen LogP) is 3.78. The van der Waals surface area contributed by atoms with E-state index in [1.54, 1.807) is 19.2 Å². The third-order valence-corrected chi connectivity index (χ3v) is 4.83. The Balaban J connectivity index is 1.30. The number of para-hydroxylation sites is 2. The van der Waals surface area contributed by atoms with Gasteiger partial charge in [0.25, 0.3) is 0 Å². The largest absolute Gasteiger partial charge is 0.497 e. The van der Waals surface area contributed by atoms with Gasteiger partial charge in [0.1, 0.15) is 19.0 Å². The Morgan fingerprint density at radius 3 is 2.79 bits per heavy atom. The summed E-state index contributed by atoms with van der Waals surface area (Å²) in [6.45, 7) is 0.193. The Bertz CT molecular complexity index is 957. The quantitative estimate of drug-likeness (QED) is 0.633. The molecule has 8 heteroatoms. The lowest BCUT2D eigenvalue weighted by molar-refractivity contribution is -0.156. The van der Waals surface area contributed by atoms with E-state index in [0.29, 0.717) is 22.3 Å². The van der Waals surface area contributed by atoms with Crippen molar-refractivity contribution < 1.29 is 23.7 Å². The molecule has 1 unspecified atom stereocenters. The summed E-state index contributed by atoms with van der Waals surface area (Å²) < 4.78 is 21.7. The number of thiazole rings is 1. The molecule has 1 aromatic heterocycles. The van der Waals surface area contributed by atoms with Gasteiger partial charge >= 0.3 is 5.97 Å².